The van der Waals surface area contributed by atoms with Crippen molar-refractivity contribution in [2.24, 2.45) is 0 Å². The number of pyridine rings is 2. The lowest BCUT2D eigenvalue weighted by Crippen LogP contribution is -2.42. The summed E-state index contributed by atoms with van der Waals surface area (Å²) >= 11 is 0. The van der Waals surface area contributed by atoms with Crippen LogP contribution in [0.4, 0.5) is 33.5 Å². The van der Waals surface area contributed by atoms with Gasteiger partial charge >= 0.3 is 6.18 Å². The molecule has 0 saturated heterocycles. The van der Waals surface area contributed by atoms with E-state index in [1.807, 2.05) is 6.07 Å². The van der Waals surface area contributed by atoms with Gasteiger partial charge in [0.25, 0.3) is 0 Å². The van der Waals surface area contributed by atoms with E-state index in [9.17, 15) is 35.6 Å². The van der Waals surface area contributed by atoms with Crippen molar-refractivity contribution in [3.8, 4) is 6.07 Å². The molecule has 2 heterocycles. The molecule has 0 saturated carbocycles. The van der Waals surface area contributed by atoms with Crippen molar-refractivity contribution >= 4 is 33.2 Å². The number of nitrogens with zero attached hydrogens (tertiary/aromatic N) is 3. The Balaban J connectivity index is 1.94. The van der Waals surface area contributed by atoms with Crippen LogP contribution in [-0.4, -0.2) is 30.6 Å². The largest absolute Gasteiger partial charge is 0.404 e. The van der Waals surface area contributed by atoms with E-state index in [1.54, 1.807) is 13.0 Å². The van der Waals surface area contributed by atoms with Crippen LogP contribution in [-0.2, 0) is 10.0 Å². The van der Waals surface area contributed by atoms with Crippen molar-refractivity contribution < 1.29 is 30.4 Å². The van der Waals surface area contributed by atoms with E-state index in [0.29, 0.717) is 12.5 Å². The van der Waals surface area contributed by atoms with Crippen LogP contribution in [0, 0.1) is 29.9 Å². The predicted octanol–water partition coefficient (Wildman–Crippen LogP) is 5.10. The average Bonchev–Trinajstić information content (AvgIpc) is 2.80. The van der Waals surface area contributed by atoms with Gasteiger partial charge in [0.2, 0.25) is 10.0 Å². The third kappa shape index (κ3) is 6.41. The van der Waals surface area contributed by atoms with Crippen LogP contribution < -0.4 is 10.0 Å². The third-order valence-corrected chi connectivity index (χ3v) is 6.33. The second-order valence-corrected chi connectivity index (χ2v) is 9.35. The van der Waals surface area contributed by atoms with Gasteiger partial charge in [0.05, 0.1) is 23.0 Å². The summed E-state index contributed by atoms with van der Waals surface area (Å²) in [6, 6.07) is 6.24. The van der Waals surface area contributed by atoms with Crippen LogP contribution in [0.2, 0.25) is 0 Å². The molecule has 0 aliphatic carbocycles. The second-order valence-electron chi connectivity index (χ2n) is 7.63. The first-order valence-electron chi connectivity index (χ1n) is 10.2. The van der Waals surface area contributed by atoms with E-state index in [2.05, 4.69) is 15.3 Å². The minimum Gasteiger partial charge on any atom is -0.337 e. The van der Waals surface area contributed by atoms with E-state index in [1.165, 1.54) is 23.1 Å². The number of sulfonamides is 1. The second kappa shape index (κ2) is 10.4. The Morgan fingerprint density at radius 2 is 1.83 bits per heavy atom. The molecule has 13 heteroatoms. The molecular weight excluding hydrogens is 505 g/mol. The van der Waals surface area contributed by atoms with Gasteiger partial charge in [-0.25, -0.2) is 22.2 Å². The summed E-state index contributed by atoms with van der Waals surface area (Å²) in [5.74, 6) is -1.40. The van der Waals surface area contributed by atoms with Gasteiger partial charge in [-0.3, -0.25) is 4.98 Å². The molecule has 0 aliphatic rings. The van der Waals surface area contributed by atoms with Gasteiger partial charge in [-0.1, -0.05) is 0 Å². The van der Waals surface area contributed by atoms with E-state index in [4.69, 9.17) is 0 Å². The van der Waals surface area contributed by atoms with Crippen LogP contribution in [0.25, 0.3) is 11.6 Å². The number of rotatable bonds is 7. The predicted molar refractivity (Wildman–Crippen MR) is 122 cm³/mol. The zero-order chi connectivity index (χ0) is 26.7. The fraction of sp³-hybridized carbons (Fsp3) is 0.174. The Hall–Kier alpha value is -3.89. The fourth-order valence-corrected chi connectivity index (χ4v) is 4.09. The first-order valence-corrected chi connectivity index (χ1v) is 11.6. The number of halogens is 5. The standard InChI is InChI=1S/C23H18F5N5O2S/c1-13-7-19(22(31-11-13)32-21-9-16(24)3-6-20(21)25)15(10-29)8-17-4-5-18(12-30-17)36(34,35)33-14(2)23(26,27)28/h3-9,11-12,14,33H,1-2H3,(H,31,32)/b15-8+. The van der Waals surface area contributed by atoms with Gasteiger partial charge in [-0.15, -0.1) is 0 Å². The molecule has 0 amide bonds. The van der Waals surface area contributed by atoms with Crippen molar-refractivity contribution in [1.29, 1.82) is 5.26 Å². The molecule has 188 valence electrons. The molecule has 0 radical (unpaired) electrons. The van der Waals surface area contributed by atoms with E-state index < -0.39 is 38.8 Å². The minimum absolute atomic E-state index is 0.00237. The molecule has 0 bridgehead atoms. The molecule has 0 fully saturated rings. The number of nitrogens with one attached hydrogen (secondary N) is 2. The van der Waals surface area contributed by atoms with Crippen LogP contribution in [0.15, 0.2) is 53.7 Å². The monoisotopic (exact) mass is 523 g/mol. The van der Waals surface area contributed by atoms with Gasteiger partial charge in [0.1, 0.15) is 28.4 Å². The van der Waals surface area contributed by atoms with E-state index >= 15 is 0 Å². The molecule has 0 aliphatic heterocycles. The topological polar surface area (TPSA) is 108 Å². The SMILES string of the molecule is Cc1cnc(Nc2cc(F)ccc2F)c(/C(C#N)=C/c2ccc(S(=O)(=O)NC(C)C(F)(F)F)cn2)c1. The van der Waals surface area contributed by atoms with Crippen LogP contribution in [0.3, 0.4) is 0 Å². The zero-order valence-electron chi connectivity index (χ0n) is 18.7. The van der Waals surface area contributed by atoms with Gasteiger partial charge in [0.15, 0.2) is 0 Å². The maximum Gasteiger partial charge on any atom is 0.404 e. The summed E-state index contributed by atoms with van der Waals surface area (Å²) in [6.45, 7) is 2.36. The first-order chi connectivity index (χ1) is 16.8. The third-order valence-electron chi connectivity index (χ3n) is 4.80. The van der Waals surface area contributed by atoms with Crippen LogP contribution >= 0.6 is 0 Å². The molecule has 2 N–H and O–H groups in total. The summed E-state index contributed by atoms with van der Waals surface area (Å²) in [4.78, 5) is 7.56. The number of allylic oxidation sites excluding steroid dienone is 1. The molecule has 1 atom stereocenters. The lowest BCUT2D eigenvalue weighted by atomic mass is 10.0. The van der Waals surface area contributed by atoms with Crippen LogP contribution in [0.5, 0.6) is 0 Å². The summed E-state index contributed by atoms with van der Waals surface area (Å²) < 4.78 is 91.8. The number of hydrogen-bond donors (Lipinski definition) is 2. The number of alkyl halides is 3. The number of aromatic nitrogens is 2. The summed E-state index contributed by atoms with van der Waals surface area (Å²) in [7, 11) is -4.50. The smallest absolute Gasteiger partial charge is 0.337 e. The molecule has 0 spiro atoms. The fourth-order valence-electron chi connectivity index (χ4n) is 2.92. The lowest BCUT2D eigenvalue weighted by molar-refractivity contribution is -0.147. The summed E-state index contributed by atoms with van der Waals surface area (Å²) in [5, 5.41) is 12.4. The highest BCUT2D eigenvalue weighted by Crippen LogP contribution is 2.29. The number of anilines is 2. The average molecular weight is 523 g/mol. The minimum atomic E-state index is -4.77. The van der Waals surface area contributed by atoms with Crippen molar-refractivity contribution in [3.63, 3.8) is 0 Å². The van der Waals surface area contributed by atoms with Crippen molar-refractivity contribution in [1.82, 2.24) is 14.7 Å². The summed E-state index contributed by atoms with van der Waals surface area (Å²) in [5.41, 5.74) is 0.769. The Labute approximate surface area is 203 Å². The molecule has 1 aromatic carbocycles. The Bertz CT molecular complexity index is 1450. The van der Waals surface area contributed by atoms with Crippen molar-refractivity contribution in [3.05, 3.63) is 77.2 Å². The maximum absolute atomic E-state index is 14.1. The van der Waals surface area contributed by atoms with E-state index in [-0.39, 0.29) is 28.3 Å². The highest BCUT2D eigenvalue weighted by atomic mass is 32.2. The zero-order valence-corrected chi connectivity index (χ0v) is 19.5. The molecule has 2 aromatic heterocycles. The number of nitriles is 1. The normalized spacial score (nSPS) is 13.2. The molecule has 7 nitrogen and oxygen atoms in total. The Kier molecular flexibility index (Phi) is 7.71. The maximum atomic E-state index is 14.1. The number of benzene rings is 1. The van der Waals surface area contributed by atoms with E-state index in [0.717, 1.165) is 30.5 Å². The number of hydrogen-bond acceptors (Lipinski definition) is 6. The van der Waals surface area contributed by atoms with Gasteiger partial charge in [0, 0.05) is 24.0 Å². The highest BCUT2D eigenvalue weighted by Gasteiger charge is 2.38. The Morgan fingerprint density at radius 1 is 1.11 bits per heavy atom. The number of aryl methyl sites for hydroxylation is 1. The van der Waals surface area contributed by atoms with Crippen LogP contribution in [0.1, 0.15) is 23.7 Å². The highest BCUT2D eigenvalue weighted by molar-refractivity contribution is 7.89. The Morgan fingerprint density at radius 3 is 2.44 bits per heavy atom. The van der Waals surface area contributed by atoms with Gasteiger partial charge < -0.3 is 5.32 Å². The van der Waals surface area contributed by atoms with Gasteiger partial charge in [-0.05, 0) is 55.8 Å². The molecule has 3 aromatic rings. The molecular formula is C23H18F5N5O2S. The quantitative estimate of drug-likeness (QED) is 0.330. The summed E-state index contributed by atoms with van der Waals surface area (Å²) in [6.07, 6.45) is -1.19. The molecule has 1 unspecified atom stereocenters. The van der Waals surface area contributed by atoms with Gasteiger partial charge in [-0.2, -0.15) is 23.2 Å². The lowest BCUT2D eigenvalue weighted by Gasteiger charge is -2.17. The van der Waals surface area contributed by atoms with Crippen molar-refractivity contribution in [2.75, 3.05) is 5.32 Å². The molecule has 36 heavy (non-hydrogen) atoms. The molecule has 3 rings (SSSR count). The van der Waals surface area contributed by atoms with Crippen molar-refractivity contribution in [2.45, 2.75) is 31.0 Å². The first kappa shape index (κ1) is 26.7.